The van der Waals surface area contributed by atoms with E-state index < -0.39 is 0 Å². The molecular weight excluding hydrogens is 324 g/mol. The van der Waals surface area contributed by atoms with Gasteiger partial charge in [-0.05, 0) is 38.8 Å². The summed E-state index contributed by atoms with van der Waals surface area (Å²) in [6.45, 7) is 8.77. The summed E-state index contributed by atoms with van der Waals surface area (Å²) >= 11 is 0. The van der Waals surface area contributed by atoms with Crippen LogP contribution in [0.15, 0.2) is 42.5 Å². The van der Waals surface area contributed by atoms with Crippen molar-refractivity contribution in [1.29, 1.82) is 0 Å². The summed E-state index contributed by atoms with van der Waals surface area (Å²) in [6.07, 6.45) is 0.869. The fraction of sp³-hybridized carbons (Fsp3) is 0.286. The largest absolute Gasteiger partial charge is 0.349 e. The molecule has 134 valence electrons. The van der Waals surface area contributed by atoms with E-state index in [-0.39, 0.29) is 11.7 Å². The van der Waals surface area contributed by atoms with Gasteiger partial charge in [-0.25, -0.2) is 9.67 Å². The molecule has 2 aromatic carbocycles. The zero-order chi connectivity index (χ0) is 18.7. The number of aromatic nitrogens is 3. The molecule has 0 fully saturated rings. The summed E-state index contributed by atoms with van der Waals surface area (Å²) in [7, 11) is 0. The predicted octanol–water partition coefficient (Wildman–Crippen LogP) is 4.00. The normalized spacial score (nSPS) is 10.8. The summed E-state index contributed by atoms with van der Waals surface area (Å²) in [6, 6.07) is 14.2. The molecule has 5 heteroatoms. The molecule has 1 N–H and O–H groups in total. The Labute approximate surface area is 154 Å². The van der Waals surface area contributed by atoms with Crippen LogP contribution >= 0.6 is 0 Å². The summed E-state index contributed by atoms with van der Waals surface area (Å²) in [5.41, 5.74) is 5.30. The number of carbonyl (C=O) groups excluding carboxylic acids is 1. The SMILES string of the molecule is CCCNC(=O)c1nc(-c2ccc(C)cc2)n(-c2ccc(C)cc2C)n1. The minimum Gasteiger partial charge on any atom is -0.349 e. The third kappa shape index (κ3) is 3.67. The molecule has 0 spiro atoms. The molecule has 0 saturated carbocycles. The Morgan fingerprint density at radius 1 is 1.04 bits per heavy atom. The van der Waals surface area contributed by atoms with Crippen molar-refractivity contribution < 1.29 is 4.79 Å². The highest BCUT2D eigenvalue weighted by Gasteiger charge is 2.19. The van der Waals surface area contributed by atoms with Crippen LogP contribution in [0.2, 0.25) is 0 Å². The number of rotatable bonds is 5. The lowest BCUT2D eigenvalue weighted by Gasteiger charge is -2.10. The molecule has 0 saturated heterocycles. The van der Waals surface area contributed by atoms with Crippen LogP contribution < -0.4 is 5.32 Å². The van der Waals surface area contributed by atoms with E-state index in [4.69, 9.17) is 0 Å². The second kappa shape index (κ2) is 7.52. The molecule has 3 rings (SSSR count). The molecule has 3 aromatic rings. The number of nitrogens with zero attached hydrogens (tertiary/aromatic N) is 3. The summed E-state index contributed by atoms with van der Waals surface area (Å²) in [5.74, 6) is 0.608. The van der Waals surface area contributed by atoms with Gasteiger partial charge in [-0.1, -0.05) is 54.4 Å². The number of hydrogen-bond donors (Lipinski definition) is 1. The molecular formula is C21H24N4O. The zero-order valence-electron chi connectivity index (χ0n) is 15.7. The Morgan fingerprint density at radius 3 is 2.38 bits per heavy atom. The van der Waals surface area contributed by atoms with Gasteiger partial charge in [0.1, 0.15) is 0 Å². The fourth-order valence-corrected chi connectivity index (χ4v) is 2.83. The van der Waals surface area contributed by atoms with Crippen LogP contribution in [0.5, 0.6) is 0 Å². The van der Waals surface area contributed by atoms with Crippen molar-refractivity contribution in [3.8, 4) is 17.1 Å². The van der Waals surface area contributed by atoms with E-state index in [1.54, 1.807) is 4.68 Å². The van der Waals surface area contributed by atoms with Crippen molar-refractivity contribution in [3.05, 3.63) is 65.0 Å². The molecule has 1 amide bonds. The van der Waals surface area contributed by atoms with Crippen LogP contribution in [0.3, 0.4) is 0 Å². The van der Waals surface area contributed by atoms with Gasteiger partial charge in [0, 0.05) is 12.1 Å². The van der Waals surface area contributed by atoms with Crippen LogP contribution in [-0.4, -0.2) is 27.2 Å². The maximum atomic E-state index is 12.4. The third-order valence-electron chi connectivity index (χ3n) is 4.24. The summed E-state index contributed by atoms with van der Waals surface area (Å²) in [5, 5.41) is 7.36. The number of hydrogen-bond acceptors (Lipinski definition) is 3. The van der Waals surface area contributed by atoms with Gasteiger partial charge in [0.15, 0.2) is 5.82 Å². The lowest BCUT2D eigenvalue weighted by atomic mass is 10.1. The van der Waals surface area contributed by atoms with Gasteiger partial charge in [-0.2, -0.15) is 0 Å². The van der Waals surface area contributed by atoms with Crippen molar-refractivity contribution >= 4 is 5.91 Å². The lowest BCUT2D eigenvalue weighted by Crippen LogP contribution is -2.25. The van der Waals surface area contributed by atoms with Crippen LogP contribution in [0.4, 0.5) is 0 Å². The Balaban J connectivity index is 2.12. The average Bonchev–Trinajstić information content (AvgIpc) is 3.05. The van der Waals surface area contributed by atoms with Crippen molar-refractivity contribution in [1.82, 2.24) is 20.1 Å². The predicted molar refractivity (Wildman–Crippen MR) is 104 cm³/mol. The van der Waals surface area contributed by atoms with E-state index >= 15 is 0 Å². The first kappa shape index (κ1) is 17.9. The van der Waals surface area contributed by atoms with Crippen molar-refractivity contribution in [2.75, 3.05) is 6.54 Å². The highest BCUT2D eigenvalue weighted by molar-refractivity contribution is 5.91. The van der Waals surface area contributed by atoms with Crippen molar-refractivity contribution in [2.24, 2.45) is 0 Å². The first-order valence-electron chi connectivity index (χ1n) is 8.89. The number of benzene rings is 2. The quantitative estimate of drug-likeness (QED) is 0.758. The zero-order valence-corrected chi connectivity index (χ0v) is 15.7. The minimum absolute atomic E-state index is 0.189. The van der Waals surface area contributed by atoms with Crippen molar-refractivity contribution in [3.63, 3.8) is 0 Å². The molecule has 1 aromatic heterocycles. The van der Waals surface area contributed by atoms with E-state index in [1.165, 1.54) is 11.1 Å². The van der Waals surface area contributed by atoms with Gasteiger partial charge in [-0.3, -0.25) is 4.79 Å². The first-order valence-corrected chi connectivity index (χ1v) is 8.89. The molecule has 0 aliphatic heterocycles. The van der Waals surface area contributed by atoms with Crippen LogP contribution in [-0.2, 0) is 0 Å². The first-order chi connectivity index (χ1) is 12.5. The van der Waals surface area contributed by atoms with Gasteiger partial charge in [0.05, 0.1) is 5.69 Å². The van der Waals surface area contributed by atoms with Crippen LogP contribution in [0.25, 0.3) is 17.1 Å². The van der Waals surface area contributed by atoms with Gasteiger partial charge in [-0.15, -0.1) is 5.10 Å². The minimum atomic E-state index is -0.247. The van der Waals surface area contributed by atoms with Gasteiger partial charge < -0.3 is 5.32 Å². The van der Waals surface area contributed by atoms with Crippen LogP contribution in [0.1, 0.15) is 40.7 Å². The Morgan fingerprint density at radius 2 is 1.73 bits per heavy atom. The van der Waals surface area contributed by atoms with E-state index in [2.05, 4.69) is 28.4 Å². The molecule has 0 aliphatic rings. The molecule has 0 bridgehead atoms. The maximum Gasteiger partial charge on any atom is 0.290 e. The Hall–Kier alpha value is -2.95. The fourth-order valence-electron chi connectivity index (χ4n) is 2.83. The molecule has 5 nitrogen and oxygen atoms in total. The highest BCUT2D eigenvalue weighted by Crippen LogP contribution is 2.24. The van der Waals surface area contributed by atoms with Crippen LogP contribution in [0, 0.1) is 20.8 Å². The van der Waals surface area contributed by atoms with E-state index in [1.807, 2.05) is 57.2 Å². The number of aryl methyl sites for hydroxylation is 3. The maximum absolute atomic E-state index is 12.4. The van der Waals surface area contributed by atoms with E-state index in [0.29, 0.717) is 12.4 Å². The van der Waals surface area contributed by atoms with Crippen molar-refractivity contribution in [2.45, 2.75) is 34.1 Å². The second-order valence-corrected chi connectivity index (χ2v) is 6.58. The highest BCUT2D eigenvalue weighted by atomic mass is 16.2. The Bertz CT molecular complexity index is 926. The monoisotopic (exact) mass is 348 g/mol. The number of carbonyl (C=O) groups is 1. The lowest BCUT2D eigenvalue weighted by molar-refractivity contribution is 0.0943. The molecule has 0 unspecified atom stereocenters. The number of amides is 1. The third-order valence-corrected chi connectivity index (χ3v) is 4.24. The molecule has 0 atom stereocenters. The molecule has 26 heavy (non-hydrogen) atoms. The summed E-state index contributed by atoms with van der Waals surface area (Å²) in [4.78, 5) is 16.9. The smallest absolute Gasteiger partial charge is 0.290 e. The summed E-state index contributed by atoms with van der Waals surface area (Å²) < 4.78 is 1.76. The molecule has 0 aliphatic carbocycles. The number of nitrogens with one attached hydrogen (secondary N) is 1. The molecule has 1 heterocycles. The van der Waals surface area contributed by atoms with E-state index in [9.17, 15) is 4.79 Å². The Kier molecular flexibility index (Phi) is 5.16. The molecule has 0 radical (unpaired) electrons. The van der Waals surface area contributed by atoms with Gasteiger partial charge in [0.25, 0.3) is 5.91 Å². The van der Waals surface area contributed by atoms with Gasteiger partial charge >= 0.3 is 0 Å². The standard InChI is InChI=1S/C21H24N4O/c1-5-12-22-21(26)19-23-20(17-9-6-14(2)7-10-17)25(24-19)18-11-8-15(3)13-16(18)4/h6-11,13H,5,12H2,1-4H3,(H,22,26). The van der Waals surface area contributed by atoms with Gasteiger partial charge in [0.2, 0.25) is 5.82 Å². The average molecular weight is 348 g/mol. The van der Waals surface area contributed by atoms with E-state index in [0.717, 1.165) is 23.2 Å². The topological polar surface area (TPSA) is 59.8 Å². The second-order valence-electron chi connectivity index (χ2n) is 6.58.